The first kappa shape index (κ1) is 28.6. The molecule has 1 heterocycles. The second kappa shape index (κ2) is 10.5. The van der Waals surface area contributed by atoms with Gasteiger partial charge < -0.3 is 14.4 Å². The van der Waals surface area contributed by atoms with Gasteiger partial charge in [0.15, 0.2) is 23.1 Å². The molecule has 0 saturated heterocycles. The quantitative estimate of drug-likeness (QED) is 0.270. The van der Waals surface area contributed by atoms with Gasteiger partial charge in [-0.05, 0) is 53.9 Å². The highest BCUT2D eigenvalue weighted by Crippen LogP contribution is 2.54. The van der Waals surface area contributed by atoms with Crippen LogP contribution in [-0.2, 0) is 16.2 Å². The molecule has 0 atom stereocenters. The zero-order chi connectivity index (χ0) is 29.7. The topological polar surface area (TPSA) is 99.0 Å². The van der Waals surface area contributed by atoms with Crippen LogP contribution in [0.15, 0.2) is 65.0 Å². The van der Waals surface area contributed by atoms with E-state index < -0.39 is 10.8 Å². The summed E-state index contributed by atoms with van der Waals surface area (Å²) in [5.41, 5.74) is 4.60. The Balaban J connectivity index is 1.57. The summed E-state index contributed by atoms with van der Waals surface area (Å²) in [4.78, 5) is 40.4. The molecule has 8 nitrogen and oxygen atoms in total. The number of carbonyl (C=O) groups is 2. The van der Waals surface area contributed by atoms with Crippen LogP contribution in [0, 0.1) is 20.9 Å². The van der Waals surface area contributed by atoms with Crippen LogP contribution >= 0.6 is 0 Å². The maximum atomic E-state index is 13.8. The first-order valence-electron chi connectivity index (χ1n) is 14.2. The van der Waals surface area contributed by atoms with Gasteiger partial charge in [0.25, 0.3) is 5.69 Å². The van der Waals surface area contributed by atoms with Crippen LogP contribution in [0.3, 0.4) is 0 Å². The molecule has 2 aromatic carbocycles. The summed E-state index contributed by atoms with van der Waals surface area (Å²) in [7, 11) is 2.00. The van der Waals surface area contributed by atoms with E-state index in [-0.39, 0.29) is 34.7 Å². The Bertz CT molecular complexity index is 1440. The highest BCUT2D eigenvalue weighted by Gasteiger charge is 2.48. The lowest BCUT2D eigenvalue weighted by atomic mass is 9.64. The van der Waals surface area contributed by atoms with Crippen molar-refractivity contribution in [3.05, 3.63) is 86.2 Å². The van der Waals surface area contributed by atoms with E-state index in [0.717, 1.165) is 29.8 Å². The van der Waals surface area contributed by atoms with E-state index in [9.17, 15) is 19.7 Å². The van der Waals surface area contributed by atoms with Crippen LogP contribution < -0.4 is 9.47 Å². The number of ether oxygens (including phenoxy) is 2. The van der Waals surface area contributed by atoms with E-state index in [4.69, 9.17) is 9.47 Å². The molecule has 2 aromatic rings. The zero-order valence-electron chi connectivity index (χ0n) is 24.7. The normalized spacial score (nSPS) is 20.1. The molecule has 1 aliphatic heterocycles. The number of benzene rings is 2. The van der Waals surface area contributed by atoms with Gasteiger partial charge in [-0.3, -0.25) is 19.7 Å². The number of nitro benzene ring substituents is 1. The van der Waals surface area contributed by atoms with Gasteiger partial charge in [0, 0.05) is 60.5 Å². The van der Waals surface area contributed by atoms with Crippen molar-refractivity contribution < 1.29 is 24.0 Å². The van der Waals surface area contributed by atoms with Crippen molar-refractivity contribution in [1.29, 1.82) is 0 Å². The van der Waals surface area contributed by atoms with Gasteiger partial charge in [-0.2, -0.15) is 0 Å². The summed E-state index contributed by atoms with van der Waals surface area (Å²) >= 11 is 0. The van der Waals surface area contributed by atoms with E-state index in [1.807, 2.05) is 32.2 Å². The Morgan fingerprint density at radius 3 is 2.05 bits per heavy atom. The van der Waals surface area contributed by atoms with Gasteiger partial charge in [0.2, 0.25) is 0 Å². The van der Waals surface area contributed by atoms with Crippen LogP contribution in [-0.4, -0.2) is 35.0 Å². The molecule has 0 fully saturated rings. The average molecular weight is 559 g/mol. The Hall–Kier alpha value is -3.94. The smallest absolute Gasteiger partial charge is 0.269 e. The number of ketones is 2. The standard InChI is InChI=1S/C33H38N2O6/c1-7-40-28-14-21(11-12-27(28)41-19-20-9-8-10-22(13-20)35(38)39)29-30-23(15-32(2,3)17-25(30)36)34(6)24-16-33(4,5)18-26(37)31(24)29/h8-14,29H,7,15-19H2,1-6H3. The lowest BCUT2D eigenvalue weighted by Crippen LogP contribution is -2.43. The number of nitro groups is 1. The predicted octanol–water partition coefficient (Wildman–Crippen LogP) is 6.89. The molecule has 41 heavy (non-hydrogen) atoms. The zero-order valence-corrected chi connectivity index (χ0v) is 24.7. The van der Waals surface area contributed by atoms with E-state index >= 15 is 0 Å². The minimum atomic E-state index is -0.464. The van der Waals surface area contributed by atoms with Crippen molar-refractivity contribution in [2.24, 2.45) is 10.8 Å². The fourth-order valence-electron chi connectivity index (χ4n) is 6.51. The lowest BCUT2D eigenvalue weighted by Gasteiger charge is -2.47. The molecule has 0 spiro atoms. The number of hydrogen-bond acceptors (Lipinski definition) is 7. The van der Waals surface area contributed by atoms with Crippen LogP contribution in [0.25, 0.3) is 0 Å². The monoisotopic (exact) mass is 558 g/mol. The molecule has 3 aliphatic rings. The molecular weight excluding hydrogens is 520 g/mol. The minimum absolute atomic E-state index is 0.00237. The summed E-state index contributed by atoms with van der Waals surface area (Å²) in [6.07, 6.45) is 2.38. The van der Waals surface area contributed by atoms with Crippen LogP contribution in [0.2, 0.25) is 0 Å². The van der Waals surface area contributed by atoms with Crippen molar-refractivity contribution in [3.8, 4) is 11.5 Å². The molecule has 0 unspecified atom stereocenters. The fraction of sp³-hybridized carbons (Fsp3) is 0.455. The van der Waals surface area contributed by atoms with Gasteiger partial charge in [-0.1, -0.05) is 45.9 Å². The van der Waals surface area contributed by atoms with E-state index in [1.54, 1.807) is 12.1 Å². The SMILES string of the molecule is CCOc1cc(C2C3=C(CC(C)(C)CC3=O)N(C)C3=C2C(=O)CC(C)(C)C3)ccc1OCc1cccc([N+](=O)[O-])c1. The third-order valence-electron chi connectivity index (χ3n) is 8.30. The summed E-state index contributed by atoms with van der Waals surface area (Å²) in [5.74, 6) is 0.701. The molecule has 0 N–H and O–H groups in total. The maximum absolute atomic E-state index is 13.8. The number of allylic oxidation sites excluding steroid dienone is 4. The molecule has 2 aliphatic carbocycles. The third kappa shape index (κ3) is 5.52. The second-order valence-corrected chi connectivity index (χ2v) is 12.9. The second-order valence-electron chi connectivity index (χ2n) is 12.9. The van der Waals surface area contributed by atoms with Crippen molar-refractivity contribution >= 4 is 17.3 Å². The Morgan fingerprint density at radius 2 is 1.49 bits per heavy atom. The third-order valence-corrected chi connectivity index (χ3v) is 8.30. The lowest BCUT2D eigenvalue weighted by molar-refractivity contribution is -0.384. The molecule has 0 aromatic heterocycles. The first-order valence-corrected chi connectivity index (χ1v) is 14.2. The molecule has 216 valence electrons. The molecule has 0 bridgehead atoms. The van der Waals surface area contributed by atoms with Gasteiger partial charge in [0.05, 0.1) is 11.5 Å². The molecule has 5 rings (SSSR count). The van der Waals surface area contributed by atoms with Crippen molar-refractivity contribution in [1.82, 2.24) is 4.90 Å². The highest BCUT2D eigenvalue weighted by molar-refractivity contribution is 6.06. The summed E-state index contributed by atoms with van der Waals surface area (Å²) in [6, 6.07) is 11.9. The minimum Gasteiger partial charge on any atom is -0.490 e. The average Bonchev–Trinajstić information content (AvgIpc) is 2.88. The summed E-state index contributed by atoms with van der Waals surface area (Å²) in [5, 5.41) is 11.2. The largest absolute Gasteiger partial charge is 0.490 e. The number of hydrogen-bond donors (Lipinski definition) is 0. The van der Waals surface area contributed by atoms with E-state index in [0.29, 0.717) is 47.7 Å². The Labute approximate surface area is 241 Å². The number of nitrogens with zero attached hydrogens (tertiary/aromatic N) is 2. The Kier molecular flexibility index (Phi) is 7.30. The molecular formula is C33H38N2O6. The molecule has 8 heteroatoms. The molecule has 0 saturated carbocycles. The summed E-state index contributed by atoms with van der Waals surface area (Å²) < 4.78 is 12.1. The van der Waals surface area contributed by atoms with Crippen molar-refractivity contribution in [3.63, 3.8) is 0 Å². The van der Waals surface area contributed by atoms with E-state index in [2.05, 4.69) is 32.6 Å². The maximum Gasteiger partial charge on any atom is 0.269 e. The fourth-order valence-corrected chi connectivity index (χ4v) is 6.51. The number of carbonyl (C=O) groups excluding carboxylic acids is 2. The van der Waals surface area contributed by atoms with Gasteiger partial charge in [0.1, 0.15) is 6.61 Å². The van der Waals surface area contributed by atoms with Crippen molar-refractivity contribution in [2.45, 2.75) is 72.8 Å². The van der Waals surface area contributed by atoms with Gasteiger partial charge in [-0.15, -0.1) is 0 Å². The van der Waals surface area contributed by atoms with Crippen LogP contribution in [0.1, 0.15) is 77.3 Å². The van der Waals surface area contributed by atoms with Gasteiger partial charge >= 0.3 is 0 Å². The molecule has 0 radical (unpaired) electrons. The van der Waals surface area contributed by atoms with Crippen molar-refractivity contribution in [2.75, 3.05) is 13.7 Å². The number of non-ortho nitro benzene ring substituents is 1. The van der Waals surface area contributed by atoms with E-state index in [1.165, 1.54) is 12.1 Å². The number of Topliss-reactive ketones (excluding diaryl/α,β-unsaturated/α-hetero) is 2. The summed E-state index contributed by atoms with van der Waals surface area (Å²) in [6.45, 7) is 10.9. The predicted molar refractivity (Wildman–Crippen MR) is 156 cm³/mol. The first-order chi connectivity index (χ1) is 19.3. The highest BCUT2D eigenvalue weighted by atomic mass is 16.6. The van der Waals surface area contributed by atoms with Crippen LogP contribution in [0.5, 0.6) is 11.5 Å². The van der Waals surface area contributed by atoms with Gasteiger partial charge in [-0.25, -0.2) is 0 Å². The van der Waals surface area contributed by atoms with Crippen LogP contribution in [0.4, 0.5) is 5.69 Å². The number of rotatable bonds is 7. The Morgan fingerprint density at radius 1 is 0.878 bits per heavy atom. The molecule has 0 amide bonds.